The van der Waals surface area contributed by atoms with Crippen LogP contribution in [-0.4, -0.2) is 19.0 Å². The summed E-state index contributed by atoms with van der Waals surface area (Å²) in [5, 5.41) is 0. The number of benzene rings is 3. The Labute approximate surface area is 177 Å². The Morgan fingerprint density at radius 2 is 1.77 bits per heavy atom. The van der Waals surface area contributed by atoms with Gasteiger partial charge in [-0.25, -0.2) is 18.6 Å². The summed E-state index contributed by atoms with van der Waals surface area (Å²) in [6.45, 7) is -0.0300. The molecule has 0 bridgehead atoms. The molecule has 1 aliphatic rings. The monoisotopic (exact) mass is 421 g/mol. The van der Waals surface area contributed by atoms with Crippen molar-refractivity contribution in [2.75, 3.05) is 7.11 Å². The van der Waals surface area contributed by atoms with E-state index in [4.69, 9.17) is 14.2 Å². The maximum Gasteiger partial charge on any atom is 0.363 e. The van der Waals surface area contributed by atoms with Gasteiger partial charge in [0, 0.05) is 16.7 Å². The van der Waals surface area contributed by atoms with E-state index in [1.165, 1.54) is 43.5 Å². The quantitative estimate of drug-likeness (QED) is 0.420. The molecular formula is C24H17F2NO4. The third-order valence-electron chi connectivity index (χ3n) is 4.56. The number of cyclic esters (lactones) is 1. The molecule has 1 heterocycles. The van der Waals surface area contributed by atoms with E-state index in [9.17, 15) is 13.6 Å². The number of hydrogen-bond donors (Lipinski definition) is 0. The molecule has 0 spiro atoms. The highest BCUT2D eigenvalue weighted by atomic mass is 19.1. The van der Waals surface area contributed by atoms with Crippen LogP contribution in [0.5, 0.6) is 11.5 Å². The van der Waals surface area contributed by atoms with Crippen molar-refractivity contribution < 1.29 is 27.8 Å². The van der Waals surface area contributed by atoms with E-state index in [1.807, 2.05) is 0 Å². The molecule has 0 aromatic heterocycles. The van der Waals surface area contributed by atoms with Crippen molar-refractivity contribution >= 4 is 17.9 Å². The topological polar surface area (TPSA) is 57.1 Å². The Balaban J connectivity index is 1.66. The second-order valence-corrected chi connectivity index (χ2v) is 6.60. The van der Waals surface area contributed by atoms with Crippen LogP contribution < -0.4 is 9.47 Å². The summed E-state index contributed by atoms with van der Waals surface area (Å²) >= 11 is 0. The standard InChI is InChI=1S/C24H17F2NO4/c1-29-21-8-4-6-16(22(21)30-14-17-5-2-3-7-19(17)26)13-20-24(28)31-23(27-20)15-9-11-18(25)12-10-15/h2-13H,14H2,1H3/b20-13-. The second kappa shape index (κ2) is 8.79. The number of halogens is 2. The number of para-hydroxylation sites is 1. The molecule has 31 heavy (non-hydrogen) atoms. The van der Waals surface area contributed by atoms with Crippen LogP contribution in [0.2, 0.25) is 0 Å². The molecule has 0 saturated carbocycles. The molecule has 3 aromatic carbocycles. The van der Waals surface area contributed by atoms with Gasteiger partial charge in [0.05, 0.1) is 7.11 Å². The first-order valence-corrected chi connectivity index (χ1v) is 9.37. The Morgan fingerprint density at radius 1 is 1.00 bits per heavy atom. The van der Waals surface area contributed by atoms with Crippen molar-refractivity contribution in [2.24, 2.45) is 4.99 Å². The van der Waals surface area contributed by atoms with Crippen LogP contribution in [0.1, 0.15) is 16.7 Å². The predicted octanol–water partition coefficient (Wildman–Crippen LogP) is 4.90. The van der Waals surface area contributed by atoms with Gasteiger partial charge in [-0.3, -0.25) is 0 Å². The van der Waals surface area contributed by atoms with Gasteiger partial charge in [0.25, 0.3) is 0 Å². The predicted molar refractivity (Wildman–Crippen MR) is 111 cm³/mol. The number of nitrogens with zero attached hydrogens (tertiary/aromatic N) is 1. The number of carbonyl (C=O) groups is 1. The molecule has 156 valence electrons. The molecule has 3 aromatic rings. The zero-order chi connectivity index (χ0) is 21.8. The van der Waals surface area contributed by atoms with E-state index in [1.54, 1.807) is 36.4 Å². The number of rotatable bonds is 6. The van der Waals surface area contributed by atoms with E-state index in [2.05, 4.69) is 4.99 Å². The van der Waals surface area contributed by atoms with E-state index in [0.717, 1.165) is 0 Å². The molecule has 0 N–H and O–H groups in total. The molecule has 0 radical (unpaired) electrons. The molecule has 5 nitrogen and oxygen atoms in total. The fourth-order valence-electron chi connectivity index (χ4n) is 3.00. The van der Waals surface area contributed by atoms with Crippen LogP contribution in [0.3, 0.4) is 0 Å². The molecule has 0 amide bonds. The van der Waals surface area contributed by atoms with E-state index in [-0.39, 0.29) is 24.0 Å². The Kier molecular flexibility index (Phi) is 5.75. The van der Waals surface area contributed by atoms with E-state index in [0.29, 0.717) is 28.2 Å². The second-order valence-electron chi connectivity index (χ2n) is 6.60. The molecule has 0 fully saturated rings. The van der Waals surface area contributed by atoms with Gasteiger partial charge < -0.3 is 14.2 Å². The minimum absolute atomic E-state index is 0.0300. The Hall–Kier alpha value is -4.00. The third kappa shape index (κ3) is 4.45. The number of carbonyl (C=O) groups excluding carboxylic acids is 1. The Morgan fingerprint density at radius 3 is 2.52 bits per heavy atom. The van der Waals surface area contributed by atoms with Gasteiger partial charge in [-0.05, 0) is 42.5 Å². The van der Waals surface area contributed by atoms with Crippen LogP contribution >= 0.6 is 0 Å². The fourth-order valence-corrected chi connectivity index (χ4v) is 3.00. The Bertz CT molecular complexity index is 1190. The summed E-state index contributed by atoms with van der Waals surface area (Å²) in [6.07, 6.45) is 1.50. The highest BCUT2D eigenvalue weighted by Crippen LogP contribution is 2.34. The lowest BCUT2D eigenvalue weighted by molar-refractivity contribution is -0.129. The van der Waals surface area contributed by atoms with Crippen molar-refractivity contribution in [3.63, 3.8) is 0 Å². The summed E-state index contributed by atoms with van der Waals surface area (Å²) < 4.78 is 43.5. The minimum atomic E-state index is -0.651. The number of ether oxygens (including phenoxy) is 3. The first kappa shape index (κ1) is 20.3. The van der Waals surface area contributed by atoms with Gasteiger partial charge in [0.2, 0.25) is 5.90 Å². The number of methoxy groups -OCH3 is 1. The summed E-state index contributed by atoms with van der Waals surface area (Å²) in [5.74, 6) is -0.614. The van der Waals surface area contributed by atoms with Gasteiger partial charge >= 0.3 is 5.97 Å². The zero-order valence-electron chi connectivity index (χ0n) is 16.5. The van der Waals surface area contributed by atoms with Gasteiger partial charge in [-0.2, -0.15) is 0 Å². The number of aliphatic imine (C=N–C) groups is 1. The van der Waals surface area contributed by atoms with Gasteiger partial charge in [0.15, 0.2) is 17.2 Å². The molecular weight excluding hydrogens is 404 g/mol. The smallest absolute Gasteiger partial charge is 0.363 e. The normalized spacial score (nSPS) is 14.4. The number of esters is 1. The zero-order valence-corrected chi connectivity index (χ0v) is 16.5. The van der Waals surface area contributed by atoms with E-state index >= 15 is 0 Å². The molecule has 0 atom stereocenters. The first-order valence-electron chi connectivity index (χ1n) is 9.37. The average Bonchev–Trinajstić information content (AvgIpc) is 3.14. The van der Waals surface area contributed by atoms with Crippen molar-refractivity contribution in [1.29, 1.82) is 0 Å². The van der Waals surface area contributed by atoms with Crippen molar-refractivity contribution in [3.05, 3.63) is 101 Å². The summed E-state index contributed by atoms with van der Waals surface area (Å²) in [6, 6.07) is 16.9. The van der Waals surface area contributed by atoms with Crippen LogP contribution in [0.15, 0.2) is 77.4 Å². The third-order valence-corrected chi connectivity index (χ3v) is 4.56. The first-order chi connectivity index (χ1) is 15.0. The molecule has 7 heteroatoms. The van der Waals surface area contributed by atoms with Gasteiger partial charge in [-0.15, -0.1) is 0 Å². The van der Waals surface area contributed by atoms with Crippen LogP contribution in [0.4, 0.5) is 8.78 Å². The summed E-state index contributed by atoms with van der Waals surface area (Å²) in [7, 11) is 1.48. The van der Waals surface area contributed by atoms with Crippen LogP contribution in [-0.2, 0) is 16.1 Å². The number of hydrogen-bond acceptors (Lipinski definition) is 5. The largest absolute Gasteiger partial charge is 0.493 e. The lowest BCUT2D eigenvalue weighted by atomic mass is 10.1. The van der Waals surface area contributed by atoms with Gasteiger partial charge in [-0.1, -0.05) is 30.3 Å². The molecule has 1 aliphatic heterocycles. The van der Waals surface area contributed by atoms with Crippen molar-refractivity contribution in [3.8, 4) is 11.5 Å². The SMILES string of the molecule is COc1cccc(/C=C2\N=C(c3ccc(F)cc3)OC2=O)c1OCc1ccccc1F. The van der Waals surface area contributed by atoms with Crippen molar-refractivity contribution in [2.45, 2.75) is 6.61 Å². The van der Waals surface area contributed by atoms with E-state index < -0.39 is 11.8 Å². The summed E-state index contributed by atoms with van der Waals surface area (Å²) in [5.41, 5.74) is 1.40. The highest BCUT2D eigenvalue weighted by Gasteiger charge is 2.25. The van der Waals surface area contributed by atoms with Crippen LogP contribution in [0, 0.1) is 11.6 Å². The minimum Gasteiger partial charge on any atom is -0.493 e. The van der Waals surface area contributed by atoms with Crippen LogP contribution in [0.25, 0.3) is 6.08 Å². The maximum atomic E-state index is 14.0. The average molecular weight is 421 g/mol. The fraction of sp³-hybridized carbons (Fsp3) is 0.0833. The van der Waals surface area contributed by atoms with Gasteiger partial charge in [0.1, 0.15) is 18.2 Å². The van der Waals surface area contributed by atoms with Crippen molar-refractivity contribution in [1.82, 2.24) is 0 Å². The molecule has 4 rings (SSSR count). The molecule has 0 saturated heterocycles. The lowest BCUT2D eigenvalue weighted by Gasteiger charge is -2.14. The summed E-state index contributed by atoms with van der Waals surface area (Å²) in [4.78, 5) is 16.5. The maximum absolute atomic E-state index is 14.0. The molecule has 0 aliphatic carbocycles. The molecule has 0 unspecified atom stereocenters. The highest BCUT2D eigenvalue weighted by molar-refractivity contribution is 6.13. The lowest BCUT2D eigenvalue weighted by Crippen LogP contribution is -2.05.